The number of anilines is 1. The molecule has 0 aliphatic heterocycles. The third-order valence-corrected chi connectivity index (χ3v) is 3.85. The van der Waals surface area contributed by atoms with E-state index in [-0.39, 0.29) is 5.91 Å². The maximum absolute atomic E-state index is 11.8. The first-order chi connectivity index (χ1) is 9.78. The Morgan fingerprint density at radius 3 is 2.60 bits per heavy atom. The molecule has 0 unspecified atom stereocenters. The smallest absolute Gasteiger partial charge is 0.279 e. The third kappa shape index (κ3) is 4.67. The van der Waals surface area contributed by atoms with Crippen LogP contribution in [0.25, 0.3) is 0 Å². The number of carbonyl (C=O) groups excluding carboxylic acids is 1. The summed E-state index contributed by atoms with van der Waals surface area (Å²) in [5, 5.41) is 13.7. The fourth-order valence-electron chi connectivity index (χ4n) is 2.71. The highest BCUT2D eigenvalue weighted by molar-refractivity contribution is 5.91. The molecule has 4 nitrogen and oxygen atoms in total. The first kappa shape index (κ1) is 14.5. The predicted molar refractivity (Wildman–Crippen MR) is 78.0 cm³/mol. The third-order valence-electron chi connectivity index (χ3n) is 3.85. The Hall–Kier alpha value is -1.86. The number of carbonyl (C=O) groups is 1. The lowest BCUT2D eigenvalue weighted by Crippen LogP contribution is -2.87. The molecule has 0 aromatic heterocycles. The monoisotopic (exact) mass is 272 g/mol. The Bertz CT molecular complexity index is 469. The van der Waals surface area contributed by atoms with Crippen LogP contribution in [0.4, 0.5) is 5.69 Å². The van der Waals surface area contributed by atoms with Gasteiger partial charge in [0.15, 0.2) is 6.54 Å². The van der Waals surface area contributed by atoms with Gasteiger partial charge in [0.05, 0.1) is 18.2 Å². The fraction of sp³-hybridized carbons (Fsp3) is 0.500. The van der Waals surface area contributed by atoms with E-state index >= 15 is 0 Å². The van der Waals surface area contributed by atoms with Crippen LogP contribution in [0.1, 0.15) is 37.7 Å². The Morgan fingerprint density at radius 2 is 1.95 bits per heavy atom. The molecule has 0 saturated heterocycles. The summed E-state index contributed by atoms with van der Waals surface area (Å²) in [5.41, 5.74) is 1.35. The molecule has 0 atom stereocenters. The van der Waals surface area contributed by atoms with Crippen LogP contribution in [0.2, 0.25) is 0 Å². The second-order valence-corrected chi connectivity index (χ2v) is 5.47. The normalized spacial score (nSPS) is 15.6. The molecule has 20 heavy (non-hydrogen) atoms. The van der Waals surface area contributed by atoms with E-state index in [9.17, 15) is 4.79 Å². The van der Waals surface area contributed by atoms with E-state index in [0.29, 0.717) is 12.1 Å². The van der Waals surface area contributed by atoms with E-state index in [2.05, 4.69) is 16.7 Å². The second-order valence-electron chi connectivity index (χ2n) is 5.47. The van der Waals surface area contributed by atoms with Crippen LogP contribution >= 0.6 is 0 Å². The Labute approximate surface area is 120 Å². The van der Waals surface area contributed by atoms with Crippen LogP contribution in [0, 0.1) is 17.2 Å². The molecule has 2 rings (SSSR count). The van der Waals surface area contributed by atoms with Crippen molar-refractivity contribution in [1.82, 2.24) is 0 Å². The van der Waals surface area contributed by atoms with Crippen LogP contribution in [0.3, 0.4) is 0 Å². The van der Waals surface area contributed by atoms with Crippen LogP contribution in [0.5, 0.6) is 0 Å². The molecule has 0 radical (unpaired) electrons. The standard InChI is InChI=1S/C16H21N3O/c17-10-13-6-8-15(9-7-13)19-16(20)12-18-11-14-4-2-1-3-5-14/h6-9,14,18H,1-5,11-12H2,(H,19,20)/p+1. The number of nitrogens with one attached hydrogen (secondary N) is 1. The zero-order valence-corrected chi connectivity index (χ0v) is 11.8. The van der Waals surface area contributed by atoms with Gasteiger partial charge in [-0.25, -0.2) is 0 Å². The average Bonchev–Trinajstić information content (AvgIpc) is 2.49. The Balaban J connectivity index is 1.68. The van der Waals surface area contributed by atoms with Gasteiger partial charge in [-0.2, -0.15) is 5.26 Å². The molecule has 1 aromatic carbocycles. The lowest BCUT2D eigenvalue weighted by Gasteiger charge is -2.19. The van der Waals surface area contributed by atoms with Gasteiger partial charge >= 0.3 is 0 Å². The van der Waals surface area contributed by atoms with Gasteiger partial charge in [0, 0.05) is 11.6 Å². The zero-order valence-electron chi connectivity index (χ0n) is 11.8. The summed E-state index contributed by atoms with van der Waals surface area (Å²) < 4.78 is 0. The predicted octanol–water partition coefficient (Wildman–Crippen LogP) is 1.64. The van der Waals surface area contributed by atoms with Gasteiger partial charge in [0.1, 0.15) is 0 Å². The molecule has 1 saturated carbocycles. The van der Waals surface area contributed by atoms with Gasteiger partial charge in [-0.05, 0) is 37.1 Å². The summed E-state index contributed by atoms with van der Waals surface area (Å²) in [5.74, 6) is 0.803. The number of rotatable bonds is 5. The first-order valence-electron chi connectivity index (χ1n) is 7.39. The number of nitriles is 1. The Morgan fingerprint density at radius 1 is 1.25 bits per heavy atom. The van der Waals surface area contributed by atoms with Crippen molar-refractivity contribution in [3.8, 4) is 6.07 Å². The molecule has 1 amide bonds. The van der Waals surface area contributed by atoms with E-state index < -0.39 is 0 Å². The lowest BCUT2D eigenvalue weighted by molar-refractivity contribution is -0.649. The molecule has 1 fully saturated rings. The quantitative estimate of drug-likeness (QED) is 0.855. The SMILES string of the molecule is N#Cc1ccc(NC(=O)C[NH2+]CC2CCCCC2)cc1. The van der Waals surface area contributed by atoms with Crippen molar-refractivity contribution in [3.63, 3.8) is 0 Å². The summed E-state index contributed by atoms with van der Waals surface area (Å²) in [7, 11) is 0. The maximum Gasteiger partial charge on any atom is 0.279 e. The molecule has 1 aromatic rings. The van der Waals surface area contributed by atoms with Crippen LogP contribution < -0.4 is 10.6 Å². The van der Waals surface area contributed by atoms with Crippen LogP contribution in [-0.2, 0) is 4.79 Å². The van der Waals surface area contributed by atoms with E-state index in [1.807, 2.05) is 0 Å². The van der Waals surface area contributed by atoms with Crippen molar-refractivity contribution < 1.29 is 10.1 Å². The highest BCUT2D eigenvalue weighted by Crippen LogP contribution is 2.21. The maximum atomic E-state index is 11.8. The van der Waals surface area contributed by atoms with Gasteiger partial charge in [0.2, 0.25) is 0 Å². The van der Waals surface area contributed by atoms with E-state index in [1.54, 1.807) is 24.3 Å². The Kier molecular flexibility index (Phi) is 5.57. The number of benzene rings is 1. The number of nitrogens with two attached hydrogens (primary N) is 1. The molecule has 0 heterocycles. The highest BCUT2D eigenvalue weighted by atomic mass is 16.1. The largest absolute Gasteiger partial charge is 0.338 e. The number of hydrogen-bond acceptors (Lipinski definition) is 2. The van der Waals surface area contributed by atoms with Crippen LogP contribution in [-0.4, -0.2) is 19.0 Å². The molecular weight excluding hydrogens is 250 g/mol. The fourth-order valence-corrected chi connectivity index (χ4v) is 2.71. The molecule has 106 valence electrons. The number of quaternary nitrogens is 1. The molecule has 0 bridgehead atoms. The van der Waals surface area contributed by atoms with Crippen molar-refractivity contribution in [2.24, 2.45) is 5.92 Å². The minimum absolute atomic E-state index is 0.0190. The molecule has 1 aliphatic rings. The van der Waals surface area contributed by atoms with Crippen LogP contribution in [0.15, 0.2) is 24.3 Å². The van der Waals surface area contributed by atoms with Gasteiger partial charge in [0.25, 0.3) is 5.91 Å². The summed E-state index contributed by atoms with van der Waals surface area (Å²) in [6.07, 6.45) is 6.68. The summed E-state index contributed by atoms with van der Waals surface area (Å²) in [4.78, 5) is 11.8. The molecule has 1 aliphatic carbocycles. The van der Waals surface area contributed by atoms with Gasteiger partial charge in [-0.15, -0.1) is 0 Å². The molecule has 3 N–H and O–H groups in total. The van der Waals surface area contributed by atoms with Crippen molar-refractivity contribution in [1.29, 1.82) is 5.26 Å². The minimum Gasteiger partial charge on any atom is -0.338 e. The first-order valence-corrected chi connectivity index (χ1v) is 7.39. The number of hydrogen-bond donors (Lipinski definition) is 2. The highest BCUT2D eigenvalue weighted by Gasteiger charge is 2.15. The van der Waals surface area contributed by atoms with E-state index in [0.717, 1.165) is 18.2 Å². The van der Waals surface area contributed by atoms with Crippen molar-refractivity contribution in [2.75, 3.05) is 18.4 Å². The summed E-state index contributed by atoms with van der Waals surface area (Å²) >= 11 is 0. The number of amides is 1. The number of nitrogens with zero attached hydrogens (tertiary/aromatic N) is 1. The van der Waals surface area contributed by atoms with Gasteiger partial charge in [-0.1, -0.05) is 19.3 Å². The molecule has 0 spiro atoms. The summed E-state index contributed by atoms with van der Waals surface area (Å²) in [6.45, 7) is 1.53. The van der Waals surface area contributed by atoms with Crippen molar-refractivity contribution in [2.45, 2.75) is 32.1 Å². The molecular formula is C16H22N3O+. The summed E-state index contributed by atoms with van der Waals surface area (Å²) in [6, 6.07) is 9.00. The average molecular weight is 272 g/mol. The van der Waals surface area contributed by atoms with Crippen molar-refractivity contribution in [3.05, 3.63) is 29.8 Å². The topological polar surface area (TPSA) is 69.5 Å². The zero-order chi connectivity index (χ0) is 14.2. The van der Waals surface area contributed by atoms with E-state index in [4.69, 9.17) is 5.26 Å². The molecule has 4 heteroatoms. The van der Waals surface area contributed by atoms with Gasteiger partial charge < -0.3 is 10.6 Å². The van der Waals surface area contributed by atoms with Crippen molar-refractivity contribution >= 4 is 11.6 Å². The second kappa shape index (κ2) is 7.66. The lowest BCUT2D eigenvalue weighted by atomic mass is 9.89. The minimum atomic E-state index is 0.0190. The van der Waals surface area contributed by atoms with E-state index in [1.165, 1.54) is 32.1 Å². The van der Waals surface area contributed by atoms with Gasteiger partial charge in [-0.3, -0.25) is 4.79 Å².